The zero-order chi connectivity index (χ0) is 16.6. The molecule has 0 aliphatic carbocycles. The summed E-state index contributed by atoms with van der Waals surface area (Å²) >= 11 is 3.27. The minimum Gasteiger partial charge on any atom is -0.492 e. The van der Waals surface area contributed by atoms with Gasteiger partial charge in [-0.2, -0.15) is 0 Å². The van der Waals surface area contributed by atoms with Crippen molar-refractivity contribution in [1.82, 2.24) is 15.2 Å². The van der Waals surface area contributed by atoms with Gasteiger partial charge < -0.3 is 10.1 Å². The Bertz CT molecular complexity index is 764. The van der Waals surface area contributed by atoms with Crippen LogP contribution in [0.5, 0.6) is 5.75 Å². The second-order valence-corrected chi connectivity index (χ2v) is 7.20. The van der Waals surface area contributed by atoms with Gasteiger partial charge in [-0.05, 0) is 43.2 Å². The lowest BCUT2D eigenvalue weighted by molar-refractivity contribution is 0.342. The molecular weight excluding hydrogens is 340 g/mol. The molecule has 0 aliphatic heterocycles. The molecule has 1 N–H and O–H groups in total. The number of ether oxygens (including phenoxy) is 1. The first-order valence-corrected chi connectivity index (χ1v) is 9.49. The summed E-state index contributed by atoms with van der Waals surface area (Å²) in [4.78, 5) is 4.03. The summed E-state index contributed by atoms with van der Waals surface area (Å²) in [5.41, 5.74) is 2.19. The van der Waals surface area contributed by atoms with Gasteiger partial charge in [0.2, 0.25) is 5.13 Å². The van der Waals surface area contributed by atoms with Crippen molar-refractivity contribution in [2.75, 3.05) is 17.7 Å². The number of rotatable bonds is 8. The van der Waals surface area contributed by atoms with E-state index in [1.807, 2.05) is 55.7 Å². The third-order valence-corrected chi connectivity index (χ3v) is 5.17. The van der Waals surface area contributed by atoms with Crippen LogP contribution < -0.4 is 10.1 Å². The van der Waals surface area contributed by atoms with Crippen molar-refractivity contribution in [3.8, 4) is 5.75 Å². The number of benzene rings is 1. The van der Waals surface area contributed by atoms with Crippen LogP contribution in [-0.4, -0.2) is 27.5 Å². The summed E-state index contributed by atoms with van der Waals surface area (Å²) in [6.07, 6.45) is 4.63. The van der Waals surface area contributed by atoms with Crippen molar-refractivity contribution in [3.05, 3.63) is 54.4 Å². The molecule has 0 radical (unpaired) electrons. The molecule has 2 heterocycles. The summed E-state index contributed by atoms with van der Waals surface area (Å²) in [5, 5.41) is 12.5. The van der Waals surface area contributed by atoms with Gasteiger partial charge in [0.15, 0.2) is 4.34 Å². The van der Waals surface area contributed by atoms with Crippen molar-refractivity contribution < 1.29 is 4.74 Å². The summed E-state index contributed by atoms with van der Waals surface area (Å²) < 4.78 is 6.57. The van der Waals surface area contributed by atoms with E-state index in [-0.39, 0.29) is 0 Å². The van der Waals surface area contributed by atoms with Gasteiger partial charge in [0.25, 0.3) is 0 Å². The molecule has 7 heteroatoms. The number of hydrogen-bond acceptors (Lipinski definition) is 7. The van der Waals surface area contributed by atoms with Gasteiger partial charge in [-0.3, -0.25) is 4.98 Å². The molecule has 0 aliphatic rings. The molecule has 1 aromatic carbocycles. The molecule has 0 spiro atoms. The highest BCUT2D eigenvalue weighted by atomic mass is 32.2. The predicted octanol–water partition coefficient (Wildman–Crippen LogP) is 4.41. The zero-order valence-electron chi connectivity index (χ0n) is 13.3. The Morgan fingerprint density at radius 2 is 1.96 bits per heavy atom. The fourth-order valence-electron chi connectivity index (χ4n) is 2.09. The van der Waals surface area contributed by atoms with Gasteiger partial charge in [-0.15, -0.1) is 10.2 Å². The monoisotopic (exact) mass is 358 g/mol. The molecular formula is C17H18N4OS2. The maximum atomic E-state index is 5.61. The second kappa shape index (κ2) is 8.65. The number of nitrogens with zero attached hydrogens (tertiary/aromatic N) is 3. The third kappa shape index (κ3) is 4.69. The van der Waals surface area contributed by atoms with Gasteiger partial charge in [0, 0.05) is 18.1 Å². The van der Waals surface area contributed by atoms with Crippen LogP contribution in [0, 0.1) is 0 Å². The van der Waals surface area contributed by atoms with Gasteiger partial charge in [0.05, 0.1) is 12.3 Å². The van der Waals surface area contributed by atoms with E-state index >= 15 is 0 Å². The normalized spacial score (nSPS) is 10.5. The Kier molecular flexibility index (Phi) is 6.03. The van der Waals surface area contributed by atoms with Gasteiger partial charge in [-0.1, -0.05) is 35.2 Å². The molecule has 0 saturated heterocycles. The summed E-state index contributed by atoms with van der Waals surface area (Å²) in [6.45, 7) is 2.60. The first kappa shape index (κ1) is 16.7. The molecule has 0 atom stereocenters. The van der Waals surface area contributed by atoms with E-state index in [0.717, 1.165) is 33.1 Å². The molecule has 5 nitrogen and oxygen atoms in total. The number of pyridine rings is 1. The second-order valence-electron chi connectivity index (χ2n) is 4.88. The Balaban J connectivity index is 1.56. The lowest BCUT2D eigenvalue weighted by Crippen LogP contribution is -1.97. The smallest absolute Gasteiger partial charge is 0.210 e. The maximum absolute atomic E-state index is 5.61. The lowest BCUT2D eigenvalue weighted by Gasteiger charge is -2.09. The molecule has 0 bridgehead atoms. The average molecular weight is 358 g/mol. The molecule has 2 aromatic heterocycles. The SMILES string of the molecule is CCOc1ccccc1Nc1nnc(SCCc2ccncc2)s1. The highest BCUT2D eigenvalue weighted by Crippen LogP contribution is 2.31. The summed E-state index contributed by atoms with van der Waals surface area (Å²) in [7, 11) is 0. The fourth-order valence-corrected chi connectivity index (χ4v) is 3.91. The molecule has 3 rings (SSSR count). The molecule has 24 heavy (non-hydrogen) atoms. The van der Waals surface area contributed by atoms with E-state index in [1.165, 1.54) is 5.56 Å². The van der Waals surface area contributed by atoms with Crippen LogP contribution in [0.4, 0.5) is 10.8 Å². The topological polar surface area (TPSA) is 59.9 Å². The fraction of sp³-hybridized carbons (Fsp3) is 0.235. The molecule has 0 amide bonds. The maximum Gasteiger partial charge on any atom is 0.210 e. The minimum absolute atomic E-state index is 0.630. The molecule has 3 aromatic rings. The number of hydrogen-bond donors (Lipinski definition) is 1. The van der Waals surface area contributed by atoms with E-state index < -0.39 is 0 Å². The number of nitrogens with one attached hydrogen (secondary N) is 1. The van der Waals surface area contributed by atoms with E-state index in [2.05, 4.69) is 20.5 Å². The predicted molar refractivity (Wildman–Crippen MR) is 99.5 cm³/mol. The Hall–Kier alpha value is -2.12. The van der Waals surface area contributed by atoms with Gasteiger partial charge >= 0.3 is 0 Å². The molecule has 0 unspecified atom stereocenters. The van der Waals surface area contributed by atoms with Crippen LogP contribution in [0.15, 0.2) is 53.1 Å². The zero-order valence-corrected chi connectivity index (χ0v) is 14.9. The first-order valence-electron chi connectivity index (χ1n) is 7.69. The first-order chi connectivity index (χ1) is 11.8. The average Bonchev–Trinajstić information content (AvgIpc) is 3.05. The van der Waals surface area contributed by atoms with Crippen LogP contribution in [0.25, 0.3) is 0 Å². The van der Waals surface area contributed by atoms with Crippen LogP contribution in [0.1, 0.15) is 12.5 Å². The Morgan fingerprint density at radius 1 is 1.12 bits per heavy atom. The number of thioether (sulfide) groups is 1. The number of aryl methyl sites for hydroxylation is 1. The van der Waals surface area contributed by atoms with Gasteiger partial charge in [-0.25, -0.2) is 0 Å². The number of para-hydroxylation sites is 2. The Labute approximate surface area is 149 Å². The highest BCUT2D eigenvalue weighted by molar-refractivity contribution is 8.01. The van der Waals surface area contributed by atoms with Crippen LogP contribution in [0.3, 0.4) is 0 Å². The Morgan fingerprint density at radius 3 is 2.79 bits per heavy atom. The van der Waals surface area contributed by atoms with Crippen molar-refractivity contribution >= 4 is 33.9 Å². The standard InChI is InChI=1S/C17H18N4OS2/c1-2-22-15-6-4-3-5-14(15)19-16-20-21-17(24-16)23-12-9-13-7-10-18-11-8-13/h3-8,10-11H,2,9,12H2,1H3,(H,19,20). The van der Waals surface area contributed by atoms with Crippen molar-refractivity contribution in [2.24, 2.45) is 0 Å². The van der Waals surface area contributed by atoms with Gasteiger partial charge in [0.1, 0.15) is 5.75 Å². The molecule has 124 valence electrons. The van der Waals surface area contributed by atoms with Crippen LogP contribution in [-0.2, 0) is 6.42 Å². The van der Waals surface area contributed by atoms with E-state index in [0.29, 0.717) is 6.61 Å². The minimum atomic E-state index is 0.630. The van der Waals surface area contributed by atoms with Crippen molar-refractivity contribution in [3.63, 3.8) is 0 Å². The quantitative estimate of drug-likeness (QED) is 0.602. The largest absolute Gasteiger partial charge is 0.492 e. The molecule has 0 fully saturated rings. The van der Waals surface area contributed by atoms with E-state index in [1.54, 1.807) is 23.1 Å². The molecule has 0 saturated carbocycles. The van der Waals surface area contributed by atoms with Crippen LogP contribution >= 0.6 is 23.1 Å². The number of anilines is 2. The summed E-state index contributed by atoms with van der Waals surface area (Å²) in [5.74, 6) is 1.79. The van der Waals surface area contributed by atoms with E-state index in [9.17, 15) is 0 Å². The lowest BCUT2D eigenvalue weighted by atomic mass is 10.2. The van der Waals surface area contributed by atoms with Crippen LogP contribution in [0.2, 0.25) is 0 Å². The van der Waals surface area contributed by atoms with Crippen molar-refractivity contribution in [2.45, 2.75) is 17.7 Å². The van der Waals surface area contributed by atoms with E-state index in [4.69, 9.17) is 4.74 Å². The van der Waals surface area contributed by atoms with Crippen molar-refractivity contribution in [1.29, 1.82) is 0 Å². The highest BCUT2D eigenvalue weighted by Gasteiger charge is 2.08. The number of aromatic nitrogens is 3. The summed E-state index contributed by atoms with van der Waals surface area (Å²) in [6, 6.07) is 11.9. The third-order valence-electron chi connectivity index (χ3n) is 3.20.